The minimum atomic E-state index is -0.399. The van der Waals surface area contributed by atoms with Gasteiger partial charge in [0.15, 0.2) is 0 Å². The van der Waals surface area contributed by atoms with E-state index in [1.165, 1.54) is 18.2 Å². The molecule has 1 aromatic heterocycles. The fourth-order valence-corrected chi connectivity index (χ4v) is 2.76. The average molecular weight is 297 g/mol. The van der Waals surface area contributed by atoms with E-state index in [2.05, 4.69) is 10.1 Å². The zero-order chi connectivity index (χ0) is 14.1. The quantitative estimate of drug-likeness (QED) is 0.920. The van der Waals surface area contributed by atoms with E-state index < -0.39 is 5.82 Å². The van der Waals surface area contributed by atoms with Crippen LogP contribution in [0.5, 0.6) is 0 Å². The van der Waals surface area contributed by atoms with E-state index in [4.69, 9.17) is 16.1 Å². The lowest BCUT2D eigenvalue weighted by Crippen LogP contribution is -2.17. The van der Waals surface area contributed by atoms with Crippen LogP contribution in [0.25, 0.3) is 11.4 Å². The van der Waals surface area contributed by atoms with Crippen LogP contribution in [-0.4, -0.2) is 21.4 Å². The molecular weight excluding hydrogens is 283 g/mol. The van der Waals surface area contributed by atoms with Crippen molar-refractivity contribution in [2.75, 3.05) is 0 Å². The Morgan fingerprint density at radius 3 is 2.70 bits per heavy atom. The van der Waals surface area contributed by atoms with Crippen molar-refractivity contribution in [3.8, 4) is 11.4 Å². The van der Waals surface area contributed by atoms with Gasteiger partial charge in [-0.1, -0.05) is 16.8 Å². The highest BCUT2D eigenvalue weighted by Crippen LogP contribution is 2.34. The fraction of sp³-hybridized carbons (Fsp3) is 0.429. The Balaban J connectivity index is 1.83. The Labute approximate surface area is 120 Å². The summed E-state index contributed by atoms with van der Waals surface area (Å²) in [7, 11) is 0. The summed E-state index contributed by atoms with van der Waals surface area (Å²) < 4.78 is 18.3. The Hall–Kier alpha value is -1.46. The minimum absolute atomic E-state index is 0.180. The highest BCUT2D eigenvalue weighted by Gasteiger charge is 2.25. The highest BCUT2D eigenvalue weighted by atomic mass is 35.5. The molecule has 3 rings (SSSR count). The van der Waals surface area contributed by atoms with E-state index in [0.29, 0.717) is 17.3 Å². The van der Waals surface area contributed by atoms with Gasteiger partial charge in [-0.15, -0.1) is 0 Å². The number of hydrogen-bond donors (Lipinski definition) is 1. The van der Waals surface area contributed by atoms with Crippen LogP contribution in [0.3, 0.4) is 0 Å². The molecule has 0 bridgehead atoms. The topological polar surface area (TPSA) is 59.2 Å². The molecule has 1 fully saturated rings. The summed E-state index contributed by atoms with van der Waals surface area (Å²) in [5.41, 5.74) is 0.555. The largest absolute Gasteiger partial charge is 0.393 e. The maximum absolute atomic E-state index is 13.0. The van der Waals surface area contributed by atoms with Gasteiger partial charge in [-0.2, -0.15) is 4.98 Å². The number of aliphatic hydroxyl groups excluding tert-OH is 1. The first kappa shape index (κ1) is 13.5. The summed E-state index contributed by atoms with van der Waals surface area (Å²) in [5.74, 6) is 0.714. The minimum Gasteiger partial charge on any atom is -0.393 e. The molecule has 0 saturated heterocycles. The molecule has 4 nitrogen and oxygen atoms in total. The first-order valence-corrected chi connectivity index (χ1v) is 6.98. The maximum Gasteiger partial charge on any atom is 0.230 e. The third-order valence-corrected chi connectivity index (χ3v) is 3.97. The van der Waals surface area contributed by atoms with E-state index in [1.54, 1.807) is 0 Å². The second kappa shape index (κ2) is 5.50. The highest BCUT2D eigenvalue weighted by molar-refractivity contribution is 6.33. The van der Waals surface area contributed by atoms with E-state index in [0.717, 1.165) is 25.7 Å². The van der Waals surface area contributed by atoms with Gasteiger partial charge in [0.1, 0.15) is 5.82 Å². The Morgan fingerprint density at radius 2 is 2.00 bits per heavy atom. The van der Waals surface area contributed by atoms with Crippen LogP contribution in [0.4, 0.5) is 4.39 Å². The molecule has 106 valence electrons. The summed E-state index contributed by atoms with van der Waals surface area (Å²) in [5, 5.41) is 13.7. The van der Waals surface area contributed by atoms with Crippen molar-refractivity contribution in [3.63, 3.8) is 0 Å². The van der Waals surface area contributed by atoms with Gasteiger partial charge in [0.2, 0.25) is 11.7 Å². The number of aliphatic hydroxyl groups is 1. The first-order chi connectivity index (χ1) is 9.63. The number of nitrogens with zero attached hydrogens (tertiary/aromatic N) is 2. The fourth-order valence-electron chi connectivity index (χ4n) is 2.50. The van der Waals surface area contributed by atoms with E-state index in [9.17, 15) is 9.50 Å². The molecule has 0 atom stereocenters. The smallest absolute Gasteiger partial charge is 0.230 e. The Kier molecular flexibility index (Phi) is 3.72. The third-order valence-electron chi connectivity index (χ3n) is 3.66. The molecule has 0 radical (unpaired) electrons. The Morgan fingerprint density at radius 1 is 1.25 bits per heavy atom. The van der Waals surface area contributed by atoms with E-state index >= 15 is 0 Å². The standard InChI is InChI=1S/C14H14ClFN2O2/c15-12-7-9(16)3-6-11(12)13-17-14(20-18-13)8-1-4-10(19)5-2-8/h3,6-8,10,19H,1-2,4-5H2. The monoisotopic (exact) mass is 296 g/mol. The van der Waals surface area contributed by atoms with Crippen LogP contribution >= 0.6 is 11.6 Å². The zero-order valence-corrected chi connectivity index (χ0v) is 11.5. The van der Waals surface area contributed by atoms with Crippen LogP contribution in [0.15, 0.2) is 22.7 Å². The molecule has 1 N–H and O–H groups in total. The van der Waals surface area contributed by atoms with E-state index in [-0.39, 0.29) is 17.0 Å². The summed E-state index contributed by atoms with van der Waals surface area (Å²) in [6.45, 7) is 0. The van der Waals surface area contributed by atoms with Gasteiger partial charge in [-0.25, -0.2) is 4.39 Å². The third kappa shape index (κ3) is 2.69. The lowest BCUT2D eigenvalue weighted by Gasteiger charge is -2.22. The molecule has 0 aliphatic heterocycles. The van der Waals surface area contributed by atoms with Crippen LogP contribution < -0.4 is 0 Å². The summed E-state index contributed by atoms with van der Waals surface area (Å²) in [4.78, 5) is 4.35. The second-order valence-corrected chi connectivity index (χ2v) is 5.49. The van der Waals surface area contributed by atoms with Gasteiger partial charge < -0.3 is 9.63 Å². The summed E-state index contributed by atoms with van der Waals surface area (Å²) >= 11 is 5.98. The summed E-state index contributed by atoms with van der Waals surface area (Å²) in [6, 6.07) is 4.08. The molecule has 1 aliphatic carbocycles. The number of aromatic nitrogens is 2. The van der Waals surface area contributed by atoms with Crippen molar-refractivity contribution >= 4 is 11.6 Å². The molecule has 1 aliphatic rings. The van der Waals surface area contributed by atoms with Crippen LogP contribution in [0.2, 0.25) is 5.02 Å². The lowest BCUT2D eigenvalue weighted by molar-refractivity contribution is 0.116. The van der Waals surface area contributed by atoms with Gasteiger partial charge in [0, 0.05) is 11.5 Å². The van der Waals surface area contributed by atoms with Gasteiger partial charge >= 0.3 is 0 Å². The van der Waals surface area contributed by atoms with Crippen molar-refractivity contribution in [1.82, 2.24) is 10.1 Å². The molecule has 0 unspecified atom stereocenters. The zero-order valence-electron chi connectivity index (χ0n) is 10.7. The molecular formula is C14H14ClFN2O2. The summed E-state index contributed by atoms with van der Waals surface area (Å²) in [6.07, 6.45) is 2.94. The predicted octanol–water partition coefficient (Wildman–Crippen LogP) is 3.55. The van der Waals surface area contributed by atoms with Crippen LogP contribution in [0.1, 0.15) is 37.5 Å². The van der Waals surface area contributed by atoms with Crippen LogP contribution in [0, 0.1) is 5.82 Å². The van der Waals surface area contributed by atoms with Crippen molar-refractivity contribution in [2.45, 2.75) is 37.7 Å². The Bertz CT molecular complexity index is 609. The molecule has 1 aromatic carbocycles. The molecule has 1 heterocycles. The van der Waals surface area contributed by atoms with Gasteiger partial charge in [0.25, 0.3) is 0 Å². The molecule has 20 heavy (non-hydrogen) atoms. The normalized spacial score (nSPS) is 22.9. The van der Waals surface area contributed by atoms with Crippen molar-refractivity contribution < 1.29 is 14.0 Å². The molecule has 6 heteroatoms. The first-order valence-electron chi connectivity index (χ1n) is 6.60. The number of halogens is 2. The van der Waals surface area contributed by atoms with Crippen molar-refractivity contribution in [3.05, 3.63) is 34.9 Å². The molecule has 0 amide bonds. The van der Waals surface area contributed by atoms with Crippen LogP contribution in [-0.2, 0) is 0 Å². The second-order valence-electron chi connectivity index (χ2n) is 5.09. The van der Waals surface area contributed by atoms with Crippen molar-refractivity contribution in [1.29, 1.82) is 0 Å². The number of hydrogen-bond acceptors (Lipinski definition) is 4. The maximum atomic E-state index is 13.0. The van der Waals surface area contributed by atoms with Gasteiger partial charge in [-0.05, 0) is 43.9 Å². The molecule has 2 aromatic rings. The van der Waals surface area contributed by atoms with Gasteiger partial charge in [0.05, 0.1) is 11.1 Å². The van der Waals surface area contributed by atoms with Gasteiger partial charge in [-0.3, -0.25) is 0 Å². The molecule has 1 saturated carbocycles. The predicted molar refractivity (Wildman–Crippen MR) is 71.9 cm³/mol. The number of rotatable bonds is 2. The number of benzene rings is 1. The SMILES string of the molecule is OC1CCC(c2nc(-c3ccc(F)cc3Cl)no2)CC1. The average Bonchev–Trinajstić information content (AvgIpc) is 2.89. The lowest BCUT2D eigenvalue weighted by atomic mass is 9.87. The van der Waals surface area contributed by atoms with Crippen molar-refractivity contribution in [2.24, 2.45) is 0 Å². The molecule has 0 spiro atoms. The van der Waals surface area contributed by atoms with E-state index in [1.807, 2.05) is 0 Å².